The SMILES string of the molecule is CCOC(=O)c1ccc(NC2=C[C@H](c3ccc(Cl)cc3Cl)N(c3ccc(C(=O)OCC)cc3)C2=O)cc1. The van der Waals surface area contributed by atoms with Crippen LogP contribution < -0.4 is 10.2 Å². The van der Waals surface area contributed by atoms with Gasteiger partial charge in [0.15, 0.2) is 0 Å². The number of nitrogens with one attached hydrogen (secondary N) is 1. The van der Waals surface area contributed by atoms with Crippen LogP contribution in [0.3, 0.4) is 0 Å². The highest BCUT2D eigenvalue weighted by atomic mass is 35.5. The van der Waals surface area contributed by atoms with Gasteiger partial charge in [-0.3, -0.25) is 9.69 Å². The Morgan fingerprint density at radius 1 is 0.865 bits per heavy atom. The molecule has 1 amide bonds. The number of carbonyl (C=O) groups is 3. The summed E-state index contributed by atoms with van der Waals surface area (Å²) in [6.45, 7) is 4.03. The Morgan fingerprint density at radius 3 is 1.97 bits per heavy atom. The van der Waals surface area contributed by atoms with Crippen LogP contribution in [-0.2, 0) is 14.3 Å². The summed E-state index contributed by atoms with van der Waals surface area (Å²) < 4.78 is 10.1. The Morgan fingerprint density at radius 2 is 1.43 bits per heavy atom. The van der Waals surface area contributed by atoms with Gasteiger partial charge in [0.1, 0.15) is 5.70 Å². The summed E-state index contributed by atoms with van der Waals surface area (Å²) in [5.74, 6) is -1.15. The molecule has 0 unspecified atom stereocenters. The van der Waals surface area contributed by atoms with Crippen LogP contribution in [0.1, 0.15) is 46.2 Å². The number of anilines is 2. The highest BCUT2D eigenvalue weighted by molar-refractivity contribution is 6.35. The molecule has 1 aliphatic heterocycles. The summed E-state index contributed by atoms with van der Waals surface area (Å²) in [5.41, 5.74) is 2.99. The van der Waals surface area contributed by atoms with E-state index in [1.165, 1.54) is 0 Å². The summed E-state index contributed by atoms with van der Waals surface area (Å²) in [5, 5.41) is 4.03. The summed E-state index contributed by atoms with van der Waals surface area (Å²) in [6.07, 6.45) is 1.77. The van der Waals surface area contributed by atoms with Crippen molar-refractivity contribution in [3.8, 4) is 0 Å². The molecule has 0 aromatic heterocycles. The maximum Gasteiger partial charge on any atom is 0.338 e. The van der Waals surface area contributed by atoms with Gasteiger partial charge in [-0.05, 0) is 86.2 Å². The molecular formula is C28H24Cl2N2O5. The van der Waals surface area contributed by atoms with Gasteiger partial charge in [-0.15, -0.1) is 0 Å². The molecule has 0 radical (unpaired) electrons. The summed E-state index contributed by atoms with van der Waals surface area (Å²) in [4.78, 5) is 39.2. The normalized spacial score (nSPS) is 14.8. The first-order valence-corrected chi connectivity index (χ1v) is 12.4. The number of hydrogen-bond donors (Lipinski definition) is 1. The van der Waals surface area contributed by atoms with Gasteiger partial charge < -0.3 is 14.8 Å². The third kappa shape index (κ3) is 5.79. The van der Waals surface area contributed by atoms with Crippen LogP contribution in [0.15, 0.2) is 78.5 Å². The van der Waals surface area contributed by atoms with Crippen LogP contribution in [0, 0.1) is 0 Å². The van der Waals surface area contributed by atoms with Gasteiger partial charge in [0, 0.05) is 21.4 Å². The Labute approximate surface area is 224 Å². The molecule has 7 nitrogen and oxygen atoms in total. The molecule has 1 atom stereocenters. The van der Waals surface area contributed by atoms with Crippen molar-refractivity contribution in [1.82, 2.24) is 0 Å². The second-order valence-corrected chi connectivity index (χ2v) is 8.90. The Hall–Kier alpha value is -3.81. The highest BCUT2D eigenvalue weighted by Crippen LogP contribution is 2.39. The first-order valence-electron chi connectivity index (χ1n) is 11.6. The van der Waals surface area contributed by atoms with E-state index in [1.807, 2.05) is 0 Å². The number of halogens is 2. The number of esters is 2. The van der Waals surface area contributed by atoms with E-state index in [2.05, 4.69) is 5.32 Å². The van der Waals surface area contributed by atoms with Crippen molar-refractivity contribution in [2.24, 2.45) is 0 Å². The molecule has 37 heavy (non-hydrogen) atoms. The van der Waals surface area contributed by atoms with Crippen LogP contribution >= 0.6 is 23.2 Å². The number of amides is 1. The maximum absolute atomic E-state index is 13.6. The van der Waals surface area contributed by atoms with Gasteiger partial charge in [-0.2, -0.15) is 0 Å². The number of ether oxygens (including phenoxy) is 2. The lowest BCUT2D eigenvalue weighted by atomic mass is 10.1. The fourth-order valence-electron chi connectivity index (χ4n) is 3.94. The number of benzene rings is 3. The monoisotopic (exact) mass is 538 g/mol. The van der Waals surface area contributed by atoms with Gasteiger partial charge in [-0.1, -0.05) is 29.3 Å². The van der Waals surface area contributed by atoms with E-state index in [0.29, 0.717) is 43.8 Å². The quantitative estimate of drug-likeness (QED) is 0.332. The molecule has 0 fully saturated rings. The Bertz CT molecular complexity index is 1350. The zero-order chi connectivity index (χ0) is 26.5. The number of nitrogens with zero attached hydrogens (tertiary/aromatic N) is 1. The molecule has 1 aliphatic rings. The fourth-order valence-corrected chi connectivity index (χ4v) is 4.46. The molecule has 1 heterocycles. The molecular weight excluding hydrogens is 515 g/mol. The maximum atomic E-state index is 13.6. The molecule has 0 saturated heterocycles. The summed E-state index contributed by atoms with van der Waals surface area (Å²) in [6, 6.07) is 17.8. The Kier molecular flexibility index (Phi) is 8.16. The topological polar surface area (TPSA) is 84.9 Å². The minimum Gasteiger partial charge on any atom is -0.462 e. The average molecular weight is 539 g/mol. The van der Waals surface area contributed by atoms with Gasteiger partial charge in [-0.25, -0.2) is 9.59 Å². The largest absolute Gasteiger partial charge is 0.462 e. The minimum absolute atomic E-state index is 0.266. The van der Waals surface area contributed by atoms with Gasteiger partial charge in [0.2, 0.25) is 0 Å². The van der Waals surface area contributed by atoms with E-state index in [-0.39, 0.29) is 19.1 Å². The predicted octanol–water partition coefficient (Wildman–Crippen LogP) is 6.43. The first-order chi connectivity index (χ1) is 17.8. The molecule has 9 heteroatoms. The van der Waals surface area contributed by atoms with Gasteiger partial charge in [0.05, 0.1) is 30.4 Å². The lowest BCUT2D eigenvalue weighted by Gasteiger charge is -2.26. The van der Waals surface area contributed by atoms with Crippen molar-refractivity contribution >= 4 is 52.4 Å². The van der Waals surface area contributed by atoms with Crippen molar-refractivity contribution in [2.45, 2.75) is 19.9 Å². The third-order valence-electron chi connectivity index (χ3n) is 5.66. The Balaban J connectivity index is 1.66. The van der Waals surface area contributed by atoms with Crippen molar-refractivity contribution < 1.29 is 23.9 Å². The molecule has 0 spiro atoms. The lowest BCUT2D eigenvalue weighted by molar-refractivity contribution is -0.114. The van der Waals surface area contributed by atoms with Crippen LogP contribution in [0.25, 0.3) is 0 Å². The van der Waals surface area contributed by atoms with E-state index in [1.54, 1.807) is 91.6 Å². The molecule has 3 aromatic carbocycles. The van der Waals surface area contributed by atoms with Crippen LogP contribution in [-0.4, -0.2) is 31.1 Å². The number of rotatable bonds is 8. The van der Waals surface area contributed by atoms with Crippen molar-refractivity contribution in [1.29, 1.82) is 0 Å². The van der Waals surface area contributed by atoms with Gasteiger partial charge in [0.25, 0.3) is 5.91 Å². The van der Waals surface area contributed by atoms with Crippen molar-refractivity contribution in [3.05, 3.63) is 105 Å². The molecule has 0 bridgehead atoms. The smallest absolute Gasteiger partial charge is 0.338 e. The van der Waals surface area contributed by atoms with E-state index >= 15 is 0 Å². The van der Waals surface area contributed by atoms with E-state index in [4.69, 9.17) is 32.7 Å². The second-order valence-electron chi connectivity index (χ2n) is 8.06. The van der Waals surface area contributed by atoms with E-state index in [9.17, 15) is 14.4 Å². The fraction of sp³-hybridized carbons (Fsp3) is 0.179. The number of carbonyl (C=O) groups excluding carboxylic acids is 3. The second kappa shape index (κ2) is 11.5. The van der Waals surface area contributed by atoms with Gasteiger partial charge >= 0.3 is 11.9 Å². The zero-order valence-corrected chi connectivity index (χ0v) is 21.7. The highest BCUT2D eigenvalue weighted by Gasteiger charge is 2.36. The molecule has 3 aromatic rings. The van der Waals surface area contributed by atoms with E-state index < -0.39 is 18.0 Å². The molecule has 0 aliphatic carbocycles. The minimum atomic E-state index is -0.535. The van der Waals surface area contributed by atoms with Crippen LogP contribution in [0.5, 0.6) is 0 Å². The zero-order valence-electron chi connectivity index (χ0n) is 20.2. The van der Waals surface area contributed by atoms with Crippen LogP contribution in [0.2, 0.25) is 10.0 Å². The summed E-state index contributed by atoms with van der Waals surface area (Å²) in [7, 11) is 0. The first kappa shape index (κ1) is 26.3. The van der Waals surface area contributed by atoms with E-state index in [0.717, 1.165) is 0 Å². The van der Waals surface area contributed by atoms with Crippen LogP contribution in [0.4, 0.5) is 11.4 Å². The van der Waals surface area contributed by atoms with Crippen molar-refractivity contribution in [2.75, 3.05) is 23.4 Å². The number of hydrogen-bond acceptors (Lipinski definition) is 6. The molecule has 190 valence electrons. The molecule has 4 rings (SSSR count). The summed E-state index contributed by atoms with van der Waals surface area (Å²) >= 11 is 12.6. The molecule has 0 saturated carbocycles. The van der Waals surface area contributed by atoms with Crippen molar-refractivity contribution in [3.63, 3.8) is 0 Å². The standard InChI is InChI=1S/C28H24Cl2N2O5/c1-3-36-27(34)17-5-10-20(11-6-17)31-24-16-25(22-14-9-19(29)15-23(22)30)32(26(24)33)21-12-7-18(8-13-21)28(35)37-4-2/h5-16,25,31H,3-4H2,1-2H3/t25-/m1/s1. The lowest BCUT2D eigenvalue weighted by Crippen LogP contribution is -2.31. The third-order valence-corrected chi connectivity index (χ3v) is 6.23. The predicted molar refractivity (Wildman–Crippen MR) is 143 cm³/mol. The average Bonchev–Trinajstić information content (AvgIpc) is 3.20. The molecule has 1 N–H and O–H groups in total.